The monoisotopic (exact) mass is 423 g/mol. The summed E-state index contributed by atoms with van der Waals surface area (Å²) < 4.78 is 7.52. The second-order valence-corrected chi connectivity index (χ2v) is 8.18. The van der Waals surface area contributed by atoms with Crippen LogP contribution in [0.4, 0.5) is 5.69 Å². The van der Waals surface area contributed by atoms with E-state index in [4.69, 9.17) is 17.0 Å². The largest absolute Gasteiger partial charge is 0.497 e. The summed E-state index contributed by atoms with van der Waals surface area (Å²) in [6.07, 6.45) is 6.51. The average Bonchev–Trinajstić information content (AvgIpc) is 3.33. The minimum absolute atomic E-state index is 0.0729. The lowest BCUT2D eigenvalue weighted by Gasteiger charge is -2.29. The smallest absolute Gasteiger partial charge is 0.270 e. The molecular formula is C23H25N3O3S. The van der Waals surface area contributed by atoms with Gasteiger partial charge in [-0.1, -0.05) is 12.8 Å². The van der Waals surface area contributed by atoms with E-state index >= 15 is 0 Å². The van der Waals surface area contributed by atoms with Gasteiger partial charge in [0, 0.05) is 17.4 Å². The molecule has 0 spiro atoms. The number of nitrogens with zero attached hydrogens (tertiary/aromatic N) is 2. The van der Waals surface area contributed by atoms with E-state index in [0.29, 0.717) is 17.5 Å². The van der Waals surface area contributed by atoms with Crippen molar-refractivity contribution in [1.82, 2.24) is 9.88 Å². The molecule has 7 heteroatoms. The number of hydrogen-bond acceptors (Lipinski definition) is 4. The van der Waals surface area contributed by atoms with Gasteiger partial charge in [0.1, 0.15) is 11.3 Å². The van der Waals surface area contributed by atoms with Crippen LogP contribution in [0.3, 0.4) is 0 Å². The fourth-order valence-corrected chi connectivity index (χ4v) is 4.73. The van der Waals surface area contributed by atoms with Gasteiger partial charge in [0.05, 0.1) is 12.8 Å². The number of nitrogens with one attached hydrogen (secondary N) is 1. The first-order chi connectivity index (χ1) is 14.4. The number of anilines is 1. The standard InChI is InChI=1S/C23H25N3O3S/c1-14-12-16(15(2)25(14)17-6-4-5-7-17)13-20-21(27)24-23(30)26(22(20)28)18-8-10-19(29-3)11-9-18/h8-13,17H,4-7H2,1-3H3,(H,24,27,30). The molecule has 1 aliphatic carbocycles. The zero-order valence-electron chi connectivity index (χ0n) is 17.4. The van der Waals surface area contributed by atoms with Crippen LogP contribution in [-0.2, 0) is 9.59 Å². The molecule has 1 aromatic heterocycles. The summed E-state index contributed by atoms with van der Waals surface area (Å²) in [5.41, 5.74) is 3.77. The number of benzene rings is 1. The molecule has 0 bridgehead atoms. The number of thiocarbonyl (C=S) groups is 1. The third-order valence-electron chi connectivity index (χ3n) is 5.95. The lowest BCUT2D eigenvalue weighted by molar-refractivity contribution is -0.122. The van der Waals surface area contributed by atoms with E-state index in [2.05, 4.69) is 23.7 Å². The van der Waals surface area contributed by atoms with E-state index < -0.39 is 11.8 Å². The molecule has 2 amide bonds. The van der Waals surface area contributed by atoms with E-state index in [0.717, 1.165) is 17.0 Å². The molecule has 1 aliphatic heterocycles. The molecule has 2 fully saturated rings. The van der Waals surface area contributed by atoms with Gasteiger partial charge in [-0.3, -0.25) is 19.8 Å². The van der Waals surface area contributed by atoms with Crippen molar-refractivity contribution in [1.29, 1.82) is 0 Å². The lowest BCUT2D eigenvalue weighted by Crippen LogP contribution is -2.54. The summed E-state index contributed by atoms with van der Waals surface area (Å²) in [5, 5.41) is 2.72. The lowest BCUT2D eigenvalue weighted by atomic mass is 10.1. The first-order valence-corrected chi connectivity index (χ1v) is 10.6. The van der Waals surface area contributed by atoms with Crippen molar-refractivity contribution < 1.29 is 14.3 Å². The average molecular weight is 424 g/mol. The molecule has 6 nitrogen and oxygen atoms in total. The second kappa shape index (κ2) is 8.07. The number of aromatic nitrogens is 1. The van der Waals surface area contributed by atoms with Crippen LogP contribution in [0.25, 0.3) is 6.08 Å². The molecule has 1 aromatic carbocycles. The summed E-state index contributed by atoms with van der Waals surface area (Å²) in [4.78, 5) is 27.2. The van der Waals surface area contributed by atoms with Gasteiger partial charge in [-0.15, -0.1) is 0 Å². The highest BCUT2D eigenvalue weighted by atomic mass is 32.1. The molecule has 2 heterocycles. The Bertz CT molecular complexity index is 1050. The molecular weight excluding hydrogens is 398 g/mol. The van der Waals surface area contributed by atoms with Crippen molar-refractivity contribution in [3.05, 3.63) is 52.9 Å². The van der Waals surface area contributed by atoms with Crippen LogP contribution in [-0.4, -0.2) is 28.6 Å². The van der Waals surface area contributed by atoms with Gasteiger partial charge in [-0.25, -0.2) is 0 Å². The van der Waals surface area contributed by atoms with Crippen molar-refractivity contribution in [3.63, 3.8) is 0 Å². The Kier molecular flexibility index (Phi) is 5.47. The molecule has 1 N–H and O–H groups in total. The maximum absolute atomic E-state index is 13.2. The SMILES string of the molecule is COc1ccc(N2C(=O)C(=Cc3cc(C)n(C4CCCC4)c3C)C(=O)NC2=S)cc1. The Hall–Kier alpha value is -2.93. The highest BCUT2D eigenvalue weighted by molar-refractivity contribution is 7.80. The van der Waals surface area contributed by atoms with Crippen molar-refractivity contribution in [3.8, 4) is 5.75 Å². The Morgan fingerprint density at radius 2 is 1.80 bits per heavy atom. The molecule has 4 rings (SSSR count). The van der Waals surface area contributed by atoms with E-state index in [1.165, 1.54) is 30.6 Å². The molecule has 1 saturated carbocycles. The van der Waals surface area contributed by atoms with Crippen molar-refractivity contribution in [2.24, 2.45) is 0 Å². The van der Waals surface area contributed by atoms with Crippen LogP contribution < -0.4 is 15.0 Å². The van der Waals surface area contributed by atoms with Crippen molar-refractivity contribution >= 4 is 40.9 Å². The van der Waals surface area contributed by atoms with Gasteiger partial charge < -0.3 is 9.30 Å². The van der Waals surface area contributed by atoms with Gasteiger partial charge in [-0.2, -0.15) is 0 Å². The fourth-order valence-electron chi connectivity index (χ4n) is 4.45. The minimum Gasteiger partial charge on any atom is -0.497 e. The number of hydrogen-bond donors (Lipinski definition) is 1. The second-order valence-electron chi connectivity index (χ2n) is 7.79. The maximum Gasteiger partial charge on any atom is 0.270 e. The number of carbonyl (C=O) groups excluding carboxylic acids is 2. The molecule has 30 heavy (non-hydrogen) atoms. The molecule has 0 atom stereocenters. The molecule has 2 aromatic rings. The number of rotatable bonds is 4. The summed E-state index contributed by atoms with van der Waals surface area (Å²) in [6, 6.07) is 9.53. The van der Waals surface area contributed by atoms with Gasteiger partial charge in [0.25, 0.3) is 11.8 Å². The van der Waals surface area contributed by atoms with E-state index in [1.54, 1.807) is 37.5 Å². The van der Waals surface area contributed by atoms with E-state index in [9.17, 15) is 9.59 Å². The molecule has 156 valence electrons. The molecule has 0 unspecified atom stereocenters. The van der Waals surface area contributed by atoms with Gasteiger partial charge in [-0.05, 0) is 80.9 Å². The summed E-state index contributed by atoms with van der Waals surface area (Å²) in [6.45, 7) is 4.13. The predicted molar refractivity (Wildman–Crippen MR) is 121 cm³/mol. The number of carbonyl (C=O) groups is 2. The third kappa shape index (κ3) is 3.54. The van der Waals surface area contributed by atoms with Crippen LogP contribution in [0.15, 0.2) is 35.9 Å². The zero-order valence-corrected chi connectivity index (χ0v) is 18.2. The predicted octanol–water partition coefficient (Wildman–Crippen LogP) is 4.06. The van der Waals surface area contributed by atoms with Gasteiger partial charge in [0.15, 0.2) is 5.11 Å². The van der Waals surface area contributed by atoms with Crippen LogP contribution in [0.5, 0.6) is 5.75 Å². The first-order valence-electron chi connectivity index (χ1n) is 10.1. The summed E-state index contributed by atoms with van der Waals surface area (Å²) in [5.74, 6) is -0.228. The van der Waals surface area contributed by atoms with Crippen molar-refractivity contribution in [2.45, 2.75) is 45.6 Å². The maximum atomic E-state index is 13.2. The first kappa shape index (κ1) is 20.3. The summed E-state index contributed by atoms with van der Waals surface area (Å²) >= 11 is 5.28. The number of ether oxygens (including phenoxy) is 1. The van der Waals surface area contributed by atoms with Crippen LogP contribution >= 0.6 is 12.2 Å². The van der Waals surface area contributed by atoms with Crippen LogP contribution in [0.2, 0.25) is 0 Å². The Balaban J connectivity index is 1.70. The molecule has 0 radical (unpaired) electrons. The third-order valence-corrected chi connectivity index (χ3v) is 6.23. The fraction of sp³-hybridized carbons (Fsp3) is 0.348. The van der Waals surface area contributed by atoms with Crippen molar-refractivity contribution in [2.75, 3.05) is 12.0 Å². The highest BCUT2D eigenvalue weighted by Gasteiger charge is 2.35. The molecule has 1 saturated heterocycles. The van der Waals surface area contributed by atoms with E-state index in [1.807, 2.05) is 6.07 Å². The summed E-state index contributed by atoms with van der Waals surface area (Å²) in [7, 11) is 1.58. The van der Waals surface area contributed by atoms with Crippen LogP contribution in [0.1, 0.15) is 48.7 Å². The van der Waals surface area contributed by atoms with Gasteiger partial charge >= 0.3 is 0 Å². The van der Waals surface area contributed by atoms with Crippen LogP contribution in [0, 0.1) is 13.8 Å². The Morgan fingerprint density at radius 3 is 2.43 bits per heavy atom. The zero-order chi connectivity index (χ0) is 21.4. The molecule has 2 aliphatic rings. The van der Waals surface area contributed by atoms with Gasteiger partial charge in [0.2, 0.25) is 0 Å². The highest BCUT2D eigenvalue weighted by Crippen LogP contribution is 2.34. The quantitative estimate of drug-likeness (QED) is 0.458. The number of aryl methyl sites for hydroxylation is 1. The Labute approximate surface area is 181 Å². The number of amides is 2. The minimum atomic E-state index is -0.472. The Morgan fingerprint density at radius 1 is 1.13 bits per heavy atom. The van der Waals surface area contributed by atoms with E-state index in [-0.39, 0.29) is 10.7 Å². The normalized spacial score (nSPS) is 19.0. The number of methoxy groups -OCH3 is 1. The topological polar surface area (TPSA) is 63.6 Å².